The van der Waals surface area contributed by atoms with E-state index < -0.39 is 0 Å². The summed E-state index contributed by atoms with van der Waals surface area (Å²) in [4.78, 5) is 11.5. The molecule has 0 radical (unpaired) electrons. The van der Waals surface area contributed by atoms with Gasteiger partial charge in [-0.25, -0.2) is 0 Å². The van der Waals surface area contributed by atoms with E-state index in [1.807, 2.05) is 6.92 Å². The number of rotatable bonds is 0. The van der Waals surface area contributed by atoms with Gasteiger partial charge in [0.15, 0.2) is 0 Å². The molecule has 0 aromatic heterocycles. The molecule has 3 saturated heterocycles. The second-order valence-corrected chi connectivity index (χ2v) is 4.40. The van der Waals surface area contributed by atoms with Crippen LogP contribution in [0.2, 0.25) is 0 Å². The van der Waals surface area contributed by atoms with Crippen LogP contribution in [0, 0.1) is 11.8 Å². The summed E-state index contributed by atoms with van der Waals surface area (Å²) in [5, 5.41) is 0. The highest BCUT2D eigenvalue weighted by Gasteiger charge is 2.64. The zero-order valence-electron chi connectivity index (χ0n) is 7.58. The molecule has 0 spiro atoms. The lowest BCUT2D eigenvalue weighted by Gasteiger charge is -2.24. The van der Waals surface area contributed by atoms with Gasteiger partial charge < -0.3 is 9.47 Å². The van der Waals surface area contributed by atoms with Gasteiger partial charge in [0.1, 0.15) is 5.76 Å². The van der Waals surface area contributed by atoms with Gasteiger partial charge in [0, 0.05) is 0 Å². The third-order valence-corrected chi connectivity index (χ3v) is 3.62. The largest absolute Gasteiger partial charge is 0.431 e. The van der Waals surface area contributed by atoms with Gasteiger partial charge in [0.2, 0.25) is 0 Å². The summed E-state index contributed by atoms with van der Waals surface area (Å²) < 4.78 is 10.9. The molecule has 3 heteroatoms. The Hall–Kier alpha value is -0.830. The molecular formula is C10H12O3. The van der Waals surface area contributed by atoms with Crippen molar-refractivity contribution < 1.29 is 14.3 Å². The van der Waals surface area contributed by atoms with Gasteiger partial charge in [0.05, 0.1) is 23.5 Å². The Morgan fingerprint density at radius 1 is 1.62 bits per heavy atom. The van der Waals surface area contributed by atoms with Crippen molar-refractivity contribution in [2.45, 2.75) is 31.5 Å². The molecule has 4 unspecified atom stereocenters. The van der Waals surface area contributed by atoms with Gasteiger partial charge in [-0.15, -0.1) is 0 Å². The van der Waals surface area contributed by atoms with Gasteiger partial charge in [-0.1, -0.05) is 6.58 Å². The molecule has 3 fully saturated rings. The summed E-state index contributed by atoms with van der Waals surface area (Å²) in [6.07, 6.45) is 2.18. The Morgan fingerprint density at radius 3 is 3.08 bits per heavy atom. The second kappa shape index (κ2) is 1.98. The Morgan fingerprint density at radius 2 is 2.38 bits per heavy atom. The minimum atomic E-state index is -0.272. The highest BCUT2D eigenvalue weighted by molar-refractivity contribution is 5.79. The number of carbonyl (C=O) groups excluding carboxylic acids is 1. The van der Waals surface area contributed by atoms with Crippen LogP contribution in [0.15, 0.2) is 12.3 Å². The number of ether oxygens (including phenoxy) is 2. The maximum absolute atomic E-state index is 11.5. The Kier molecular flexibility index (Phi) is 1.15. The van der Waals surface area contributed by atoms with Crippen molar-refractivity contribution in [2.24, 2.45) is 11.8 Å². The van der Waals surface area contributed by atoms with E-state index in [2.05, 4.69) is 6.58 Å². The van der Waals surface area contributed by atoms with E-state index in [0.29, 0.717) is 5.76 Å². The quantitative estimate of drug-likeness (QED) is 0.526. The molecule has 70 valence electrons. The normalized spacial score (nSPS) is 52.5. The van der Waals surface area contributed by atoms with Crippen molar-refractivity contribution >= 4 is 5.97 Å². The van der Waals surface area contributed by atoms with Crippen molar-refractivity contribution in [3.05, 3.63) is 12.3 Å². The molecule has 2 bridgehead atoms. The predicted octanol–water partition coefficient (Wildman–Crippen LogP) is 1.24. The third-order valence-electron chi connectivity index (χ3n) is 3.62. The van der Waals surface area contributed by atoms with Gasteiger partial charge in [0.25, 0.3) is 0 Å². The van der Waals surface area contributed by atoms with E-state index in [4.69, 9.17) is 9.47 Å². The van der Waals surface area contributed by atoms with Gasteiger partial charge in [-0.05, 0) is 19.8 Å². The summed E-state index contributed by atoms with van der Waals surface area (Å²) in [5.41, 5.74) is -0.272. The average molecular weight is 180 g/mol. The fraction of sp³-hybridized carbons (Fsp3) is 0.700. The van der Waals surface area contributed by atoms with Crippen LogP contribution in [0.3, 0.4) is 0 Å². The Balaban J connectivity index is 2.08. The maximum Gasteiger partial charge on any atom is 0.317 e. The van der Waals surface area contributed by atoms with Crippen LogP contribution in [0.25, 0.3) is 0 Å². The lowest BCUT2D eigenvalue weighted by Crippen LogP contribution is -2.36. The SMILES string of the molecule is C=C1OC(=O)C2C1C1CCC2(C)O1. The molecule has 0 aliphatic carbocycles. The average Bonchev–Trinajstić information content (AvgIpc) is 2.62. The maximum atomic E-state index is 11.5. The molecule has 13 heavy (non-hydrogen) atoms. The summed E-state index contributed by atoms with van der Waals surface area (Å²) in [6, 6.07) is 0. The molecule has 3 rings (SSSR count). The van der Waals surface area contributed by atoms with Crippen molar-refractivity contribution in [3.8, 4) is 0 Å². The standard InChI is InChI=1S/C10H12O3/c1-5-7-6-3-4-10(2,13-6)8(7)9(11)12-5/h6-8H,1,3-4H2,2H3. The summed E-state index contributed by atoms with van der Waals surface area (Å²) in [6.45, 7) is 5.79. The van der Waals surface area contributed by atoms with E-state index in [0.717, 1.165) is 12.8 Å². The zero-order chi connectivity index (χ0) is 9.22. The second-order valence-electron chi connectivity index (χ2n) is 4.40. The van der Waals surface area contributed by atoms with Gasteiger partial charge in [-0.2, -0.15) is 0 Å². The molecule has 0 aromatic rings. The fourth-order valence-corrected chi connectivity index (χ4v) is 3.02. The van der Waals surface area contributed by atoms with E-state index in [9.17, 15) is 4.79 Å². The highest BCUT2D eigenvalue weighted by Crippen LogP contribution is 2.56. The third kappa shape index (κ3) is 0.718. The molecule has 3 aliphatic heterocycles. The van der Waals surface area contributed by atoms with Gasteiger partial charge in [-0.3, -0.25) is 4.79 Å². The van der Waals surface area contributed by atoms with Gasteiger partial charge >= 0.3 is 5.97 Å². The van der Waals surface area contributed by atoms with Crippen molar-refractivity contribution in [3.63, 3.8) is 0 Å². The zero-order valence-corrected chi connectivity index (χ0v) is 7.58. The monoisotopic (exact) mass is 180 g/mol. The van der Waals surface area contributed by atoms with Crippen molar-refractivity contribution in [1.82, 2.24) is 0 Å². The number of hydrogen-bond donors (Lipinski definition) is 0. The molecule has 4 atom stereocenters. The number of cyclic esters (lactones) is 1. The number of esters is 1. The molecular weight excluding hydrogens is 168 g/mol. The van der Waals surface area contributed by atoms with Crippen LogP contribution in [-0.2, 0) is 14.3 Å². The topological polar surface area (TPSA) is 35.5 Å². The molecule has 3 nitrogen and oxygen atoms in total. The smallest absolute Gasteiger partial charge is 0.317 e. The molecule has 0 aromatic carbocycles. The minimum absolute atomic E-state index is 0.0845. The van der Waals surface area contributed by atoms with Crippen molar-refractivity contribution in [2.75, 3.05) is 0 Å². The molecule has 3 aliphatic rings. The lowest BCUT2D eigenvalue weighted by atomic mass is 9.73. The van der Waals surface area contributed by atoms with E-state index in [1.165, 1.54) is 0 Å². The Labute approximate surface area is 76.7 Å². The first-order valence-electron chi connectivity index (χ1n) is 4.70. The first-order valence-corrected chi connectivity index (χ1v) is 4.70. The number of carbonyl (C=O) groups is 1. The first-order chi connectivity index (χ1) is 6.12. The molecule has 0 N–H and O–H groups in total. The highest BCUT2D eigenvalue weighted by atomic mass is 16.6. The molecule has 3 heterocycles. The predicted molar refractivity (Wildman–Crippen MR) is 44.7 cm³/mol. The van der Waals surface area contributed by atoms with E-state index in [1.54, 1.807) is 0 Å². The molecule has 0 amide bonds. The van der Waals surface area contributed by atoms with E-state index >= 15 is 0 Å². The van der Waals surface area contributed by atoms with Crippen LogP contribution in [0.4, 0.5) is 0 Å². The Bertz CT molecular complexity index is 309. The van der Waals surface area contributed by atoms with E-state index in [-0.39, 0.29) is 29.5 Å². The van der Waals surface area contributed by atoms with Crippen molar-refractivity contribution in [1.29, 1.82) is 0 Å². The van der Waals surface area contributed by atoms with Crippen LogP contribution >= 0.6 is 0 Å². The lowest BCUT2D eigenvalue weighted by molar-refractivity contribution is -0.144. The van der Waals surface area contributed by atoms with Crippen LogP contribution < -0.4 is 0 Å². The fourth-order valence-electron chi connectivity index (χ4n) is 3.02. The summed E-state index contributed by atoms with van der Waals surface area (Å²) in [7, 11) is 0. The minimum Gasteiger partial charge on any atom is -0.431 e. The van der Waals surface area contributed by atoms with Crippen LogP contribution in [0.5, 0.6) is 0 Å². The summed E-state index contributed by atoms with van der Waals surface area (Å²) in [5.74, 6) is 0.521. The number of hydrogen-bond acceptors (Lipinski definition) is 3. The number of fused-ring (bicyclic) bond motifs is 5. The van der Waals surface area contributed by atoms with Crippen LogP contribution in [0.1, 0.15) is 19.8 Å². The summed E-state index contributed by atoms with van der Waals surface area (Å²) >= 11 is 0. The first kappa shape index (κ1) is 7.56. The molecule has 0 saturated carbocycles. The van der Waals surface area contributed by atoms with Crippen LogP contribution in [-0.4, -0.2) is 17.7 Å².